The summed E-state index contributed by atoms with van der Waals surface area (Å²) in [5.41, 5.74) is 5.83. The first-order valence-electron chi connectivity index (χ1n) is 8.07. The summed E-state index contributed by atoms with van der Waals surface area (Å²) in [6.45, 7) is 4.05. The van der Waals surface area contributed by atoms with Crippen LogP contribution in [0.2, 0.25) is 5.02 Å². The van der Waals surface area contributed by atoms with Crippen molar-refractivity contribution in [3.8, 4) is 11.3 Å². The Balaban J connectivity index is 1.86. The summed E-state index contributed by atoms with van der Waals surface area (Å²) in [6, 6.07) is 19.8. The van der Waals surface area contributed by atoms with Gasteiger partial charge in [0.2, 0.25) is 0 Å². The van der Waals surface area contributed by atoms with Crippen molar-refractivity contribution in [1.82, 2.24) is 14.6 Å². The van der Waals surface area contributed by atoms with E-state index in [2.05, 4.69) is 29.4 Å². The number of nitrogens with zero attached hydrogens (tertiary/aromatic N) is 3. The molecular weight excluding hydrogens is 332 g/mol. The summed E-state index contributed by atoms with van der Waals surface area (Å²) in [7, 11) is 0. The van der Waals surface area contributed by atoms with Crippen LogP contribution in [0.5, 0.6) is 0 Å². The van der Waals surface area contributed by atoms with Crippen LogP contribution in [0.1, 0.15) is 11.3 Å². The minimum Gasteiger partial charge on any atom is -0.340 e. The molecular formula is C20H17ClN4. The molecule has 0 fully saturated rings. The minimum absolute atomic E-state index is 0.711. The number of halogens is 1. The van der Waals surface area contributed by atoms with Gasteiger partial charge in [-0.05, 0) is 38.1 Å². The second-order valence-corrected chi connectivity index (χ2v) is 6.43. The highest BCUT2D eigenvalue weighted by Gasteiger charge is 2.15. The van der Waals surface area contributed by atoms with Crippen molar-refractivity contribution in [2.75, 3.05) is 5.32 Å². The fourth-order valence-electron chi connectivity index (χ4n) is 2.89. The van der Waals surface area contributed by atoms with Crippen LogP contribution in [-0.2, 0) is 0 Å². The summed E-state index contributed by atoms with van der Waals surface area (Å²) in [5.74, 6) is 0.870. The molecule has 25 heavy (non-hydrogen) atoms. The van der Waals surface area contributed by atoms with Crippen molar-refractivity contribution in [3.05, 3.63) is 76.9 Å². The largest absolute Gasteiger partial charge is 0.340 e. The molecule has 0 atom stereocenters. The fourth-order valence-corrected chi connectivity index (χ4v) is 3.01. The number of benzene rings is 2. The van der Waals surface area contributed by atoms with Crippen molar-refractivity contribution < 1.29 is 0 Å². The standard InChI is InChI=1S/C20H17ClN4/c1-13-12-18(23-17-10-8-16(21)9-11-17)25-20(22-13)14(2)19(24-25)15-6-4-3-5-7-15/h3-12,23H,1-2H3. The lowest BCUT2D eigenvalue weighted by molar-refractivity contribution is 0.941. The monoisotopic (exact) mass is 348 g/mol. The third-order valence-electron chi connectivity index (χ3n) is 4.11. The predicted octanol–water partition coefficient (Wildman–Crippen LogP) is 5.41. The lowest BCUT2D eigenvalue weighted by Gasteiger charge is -2.09. The number of aromatic nitrogens is 3. The van der Waals surface area contributed by atoms with E-state index in [9.17, 15) is 0 Å². The van der Waals surface area contributed by atoms with Crippen molar-refractivity contribution in [2.45, 2.75) is 13.8 Å². The first-order valence-corrected chi connectivity index (χ1v) is 8.44. The molecule has 2 heterocycles. The van der Waals surface area contributed by atoms with Crippen molar-refractivity contribution in [2.24, 2.45) is 0 Å². The molecule has 124 valence electrons. The third kappa shape index (κ3) is 2.96. The summed E-state index contributed by atoms with van der Waals surface area (Å²) in [5, 5.41) is 8.92. The number of fused-ring (bicyclic) bond motifs is 1. The van der Waals surface area contributed by atoms with E-state index < -0.39 is 0 Å². The number of nitrogens with one attached hydrogen (secondary N) is 1. The first-order chi connectivity index (χ1) is 12.1. The van der Waals surface area contributed by atoms with Crippen LogP contribution in [0.15, 0.2) is 60.7 Å². The van der Waals surface area contributed by atoms with Gasteiger partial charge in [-0.15, -0.1) is 0 Å². The van der Waals surface area contributed by atoms with Gasteiger partial charge in [0, 0.05) is 33.6 Å². The minimum atomic E-state index is 0.711. The van der Waals surface area contributed by atoms with Crippen LogP contribution < -0.4 is 5.32 Å². The zero-order chi connectivity index (χ0) is 17.4. The molecule has 0 aliphatic carbocycles. The molecule has 0 unspecified atom stereocenters. The lowest BCUT2D eigenvalue weighted by atomic mass is 10.1. The van der Waals surface area contributed by atoms with Gasteiger partial charge < -0.3 is 5.32 Å². The van der Waals surface area contributed by atoms with E-state index in [1.165, 1.54) is 0 Å². The summed E-state index contributed by atoms with van der Waals surface area (Å²) >= 11 is 5.97. The maximum atomic E-state index is 5.97. The van der Waals surface area contributed by atoms with Crippen LogP contribution in [0.3, 0.4) is 0 Å². The Morgan fingerprint density at radius 3 is 2.40 bits per heavy atom. The molecule has 0 aliphatic rings. The third-order valence-corrected chi connectivity index (χ3v) is 4.36. The molecule has 4 aromatic rings. The Labute approximate surface area is 151 Å². The highest BCUT2D eigenvalue weighted by Crippen LogP contribution is 2.28. The van der Waals surface area contributed by atoms with Gasteiger partial charge >= 0.3 is 0 Å². The van der Waals surface area contributed by atoms with Gasteiger partial charge in [-0.1, -0.05) is 41.9 Å². The summed E-state index contributed by atoms with van der Waals surface area (Å²) in [4.78, 5) is 4.68. The van der Waals surface area contributed by atoms with E-state index in [4.69, 9.17) is 16.7 Å². The number of hydrogen-bond donors (Lipinski definition) is 1. The fraction of sp³-hybridized carbons (Fsp3) is 0.100. The molecule has 5 heteroatoms. The lowest BCUT2D eigenvalue weighted by Crippen LogP contribution is -2.02. The number of aryl methyl sites for hydroxylation is 2. The Morgan fingerprint density at radius 1 is 0.960 bits per heavy atom. The molecule has 0 saturated heterocycles. The number of hydrogen-bond acceptors (Lipinski definition) is 3. The van der Waals surface area contributed by atoms with Crippen molar-refractivity contribution >= 4 is 28.8 Å². The summed E-state index contributed by atoms with van der Waals surface area (Å²) in [6.07, 6.45) is 0. The molecule has 2 aromatic carbocycles. The van der Waals surface area contributed by atoms with Gasteiger partial charge in [0.15, 0.2) is 5.65 Å². The van der Waals surface area contributed by atoms with Gasteiger partial charge in [0.05, 0.1) is 5.69 Å². The predicted molar refractivity (Wildman–Crippen MR) is 103 cm³/mol. The smallest absolute Gasteiger partial charge is 0.161 e. The number of rotatable bonds is 3. The molecule has 0 aliphatic heterocycles. The maximum Gasteiger partial charge on any atom is 0.161 e. The molecule has 2 aromatic heterocycles. The Bertz CT molecular complexity index is 1040. The van der Waals surface area contributed by atoms with E-state index in [1.807, 2.05) is 60.0 Å². The number of anilines is 2. The van der Waals surface area contributed by atoms with E-state index in [0.29, 0.717) is 5.02 Å². The van der Waals surface area contributed by atoms with Crippen molar-refractivity contribution in [1.29, 1.82) is 0 Å². The zero-order valence-corrected chi connectivity index (χ0v) is 14.7. The second-order valence-electron chi connectivity index (χ2n) is 5.99. The molecule has 1 N–H and O–H groups in total. The topological polar surface area (TPSA) is 42.2 Å². The van der Waals surface area contributed by atoms with Crippen molar-refractivity contribution in [3.63, 3.8) is 0 Å². The Hall–Kier alpha value is -2.85. The molecule has 4 rings (SSSR count). The van der Waals surface area contributed by atoms with E-state index in [1.54, 1.807) is 0 Å². The Kier molecular flexibility index (Phi) is 3.90. The SMILES string of the molecule is Cc1cc(Nc2ccc(Cl)cc2)n2nc(-c3ccccc3)c(C)c2n1. The van der Waals surface area contributed by atoms with E-state index >= 15 is 0 Å². The molecule has 0 spiro atoms. The van der Waals surface area contributed by atoms with Gasteiger partial charge in [-0.2, -0.15) is 9.61 Å². The van der Waals surface area contributed by atoms with Gasteiger partial charge in [0.25, 0.3) is 0 Å². The highest BCUT2D eigenvalue weighted by molar-refractivity contribution is 6.30. The van der Waals surface area contributed by atoms with E-state index in [0.717, 1.165) is 39.7 Å². The van der Waals surface area contributed by atoms with Gasteiger partial charge in [-0.3, -0.25) is 0 Å². The molecule has 0 bridgehead atoms. The van der Waals surface area contributed by atoms with Crippen LogP contribution in [0.4, 0.5) is 11.5 Å². The zero-order valence-electron chi connectivity index (χ0n) is 14.0. The average molecular weight is 349 g/mol. The van der Waals surface area contributed by atoms with Crippen LogP contribution >= 0.6 is 11.6 Å². The summed E-state index contributed by atoms with van der Waals surface area (Å²) < 4.78 is 1.86. The average Bonchev–Trinajstić information content (AvgIpc) is 2.95. The van der Waals surface area contributed by atoms with Crippen LogP contribution in [-0.4, -0.2) is 14.6 Å². The maximum absolute atomic E-state index is 5.97. The van der Waals surface area contributed by atoms with E-state index in [-0.39, 0.29) is 0 Å². The molecule has 0 amide bonds. The van der Waals surface area contributed by atoms with Gasteiger partial charge in [0.1, 0.15) is 5.82 Å². The molecule has 4 nitrogen and oxygen atoms in total. The van der Waals surface area contributed by atoms with Gasteiger partial charge in [-0.25, -0.2) is 4.98 Å². The Morgan fingerprint density at radius 2 is 1.68 bits per heavy atom. The normalized spacial score (nSPS) is 11.0. The quantitative estimate of drug-likeness (QED) is 0.538. The second kappa shape index (κ2) is 6.22. The molecule has 0 saturated carbocycles. The van der Waals surface area contributed by atoms with Crippen LogP contribution in [0.25, 0.3) is 16.9 Å². The van der Waals surface area contributed by atoms with Crippen LogP contribution in [0, 0.1) is 13.8 Å². The molecule has 0 radical (unpaired) electrons. The highest BCUT2D eigenvalue weighted by atomic mass is 35.5. The first kappa shape index (κ1) is 15.7.